The number of halogens is 3. The van der Waals surface area contributed by atoms with Gasteiger partial charge in [-0.3, -0.25) is 4.79 Å². The fraction of sp³-hybridized carbons (Fsp3) is 0.250. The Bertz CT molecular complexity index is 743. The zero-order valence-electron chi connectivity index (χ0n) is 12.8. The van der Waals surface area contributed by atoms with Gasteiger partial charge in [0.2, 0.25) is 9.70 Å². The second-order valence-electron chi connectivity index (χ2n) is 5.02. The Morgan fingerprint density at radius 3 is 2.46 bits per heavy atom. The van der Waals surface area contributed by atoms with E-state index < -0.39 is 9.96 Å². The number of alkyl halides is 3. The van der Waals surface area contributed by atoms with Crippen molar-refractivity contribution >= 4 is 74.5 Å². The van der Waals surface area contributed by atoms with Gasteiger partial charge in [-0.15, -0.1) is 0 Å². The van der Waals surface area contributed by atoms with Crippen LogP contribution >= 0.6 is 47.0 Å². The molecule has 2 aromatic carbocycles. The number of hydrogen-bond donors (Lipinski definition) is 3. The van der Waals surface area contributed by atoms with Crippen molar-refractivity contribution in [2.75, 3.05) is 5.32 Å². The summed E-state index contributed by atoms with van der Waals surface area (Å²) in [5.41, 5.74) is 0.815. The van der Waals surface area contributed by atoms with Crippen LogP contribution in [0.25, 0.3) is 10.8 Å². The highest BCUT2D eigenvalue weighted by molar-refractivity contribution is 7.80. The summed E-state index contributed by atoms with van der Waals surface area (Å²) in [4.78, 5) is 11.6. The van der Waals surface area contributed by atoms with Crippen molar-refractivity contribution in [2.24, 2.45) is 0 Å². The third-order valence-corrected chi connectivity index (χ3v) is 4.14. The Morgan fingerprint density at radius 1 is 1.12 bits per heavy atom. The van der Waals surface area contributed by atoms with E-state index in [1.165, 1.54) is 0 Å². The number of nitrogens with one attached hydrogen (secondary N) is 3. The number of thiocarbonyl (C=S) groups is 1. The predicted octanol–water partition coefficient (Wildman–Crippen LogP) is 4.35. The molecule has 0 bridgehead atoms. The van der Waals surface area contributed by atoms with Gasteiger partial charge in [-0.1, -0.05) is 78.1 Å². The quantitative estimate of drug-likeness (QED) is 0.403. The van der Waals surface area contributed by atoms with Crippen molar-refractivity contribution in [1.29, 1.82) is 0 Å². The average Bonchev–Trinajstić information content (AvgIpc) is 2.53. The molecular formula is C16H16Cl3N3OS. The number of benzene rings is 2. The molecule has 0 aliphatic heterocycles. The third-order valence-electron chi connectivity index (χ3n) is 3.27. The molecule has 0 aliphatic carbocycles. The Hall–Kier alpha value is -1.27. The van der Waals surface area contributed by atoms with E-state index in [1.54, 1.807) is 6.92 Å². The van der Waals surface area contributed by atoms with E-state index in [1.807, 2.05) is 42.5 Å². The van der Waals surface area contributed by atoms with Crippen molar-refractivity contribution in [3.63, 3.8) is 0 Å². The maximum Gasteiger partial charge on any atom is 0.228 e. The van der Waals surface area contributed by atoms with E-state index in [0.717, 1.165) is 16.5 Å². The number of amides is 1. The minimum absolute atomic E-state index is 0.235. The molecule has 0 saturated carbocycles. The first-order valence-corrected chi connectivity index (χ1v) is 8.77. The number of rotatable bonds is 4. The smallest absolute Gasteiger partial charge is 0.228 e. The van der Waals surface area contributed by atoms with Crippen molar-refractivity contribution < 1.29 is 4.79 Å². The van der Waals surface area contributed by atoms with Crippen LogP contribution in [-0.2, 0) is 4.79 Å². The lowest BCUT2D eigenvalue weighted by Gasteiger charge is -2.27. The molecule has 0 unspecified atom stereocenters. The van der Waals surface area contributed by atoms with E-state index in [9.17, 15) is 4.79 Å². The second-order valence-corrected chi connectivity index (χ2v) is 7.80. The summed E-state index contributed by atoms with van der Waals surface area (Å²) in [6.07, 6.45) is -0.687. The highest BCUT2D eigenvalue weighted by Gasteiger charge is 2.34. The number of fused-ring (bicyclic) bond motifs is 1. The van der Waals surface area contributed by atoms with E-state index in [-0.39, 0.29) is 17.4 Å². The van der Waals surface area contributed by atoms with E-state index in [2.05, 4.69) is 16.0 Å². The molecule has 0 aromatic heterocycles. The van der Waals surface area contributed by atoms with E-state index in [0.29, 0.717) is 0 Å². The molecule has 0 radical (unpaired) electrons. The SMILES string of the molecule is CCC(=O)N[C@@H](NC(=S)Nc1cccc2ccccc12)C(Cl)(Cl)Cl. The normalized spacial score (nSPS) is 12.5. The lowest BCUT2D eigenvalue weighted by molar-refractivity contribution is -0.121. The maximum atomic E-state index is 11.6. The van der Waals surface area contributed by atoms with Crippen molar-refractivity contribution in [3.05, 3.63) is 42.5 Å². The van der Waals surface area contributed by atoms with Crippen LogP contribution in [0.1, 0.15) is 13.3 Å². The van der Waals surface area contributed by atoms with Crippen LogP contribution in [0, 0.1) is 0 Å². The van der Waals surface area contributed by atoms with Gasteiger partial charge in [0, 0.05) is 17.5 Å². The highest BCUT2D eigenvalue weighted by Crippen LogP contribution is 2.29. The van der Waals surface area contributed by atoms with Crippen LogP contribution < -0.4 is 16.0 Å². The molecule has 0 heterocycles. The Kier molecular flexibility index (Phi) is 6.52. The van der Waals surface area contributed by atoms with Crippen molar-refractivity contribution in [3.8, 4) is 0 Å². The molecule has 1 atom stereocenters. The van der Waals surface area contributed by atoms with Gasteiger partial charge in [0.05, 0.1) is 0 Å². The first-order chi connectivity index (χ1) is 11.3. The molecule has 1 amide bonds. The van der Waals surface area contributed by atoms with Gasteiger partial charge >= 0.3 is 0 Å². The average molecular weight is 405 g/mol. The lowest BCUT2D eigenvalue weighted by Crippen LogP contribution is -2.56. The molecule has 0 fully saturated rings. The van der Waals surface area contributed by atoms with Crippen LogP contribution in [0.15, 0.2) is 42.5 Å². The minimum Gasteiger partial charge on any atom is -0.339 e. The van der Waals surface area contributed by atoms with Gasteiger partial charge in [-0.25, -0.2) is 0 Å². The third kappa shape index (κ3) is 5.11. The number of hydrogen-bond acceptors (Lipinski definition) is 2. The summed E-state index contributed by atoms with van der Waals surface area (Å²) >= 11 is 23.0. The molecule has 8 heteroatoms. The fourth-order valence-corrected chi connectivity index (χ4v) is 2.64. The van der Waals surface area contributed by atoms with Crippen LogP contribution in [0.4, 0.5) is 5.69 Å². The summed E-state index contributed by atoms with van der Waals surface area (Å²) in [5.74, 6) is -0.258. The topological polar surface area (TPSA) is 53.2 Å². The van der Waals surface area contributed by atoms with Crippen LogP contribution in [0.3, 0.4) is 0 Å². The largest absolute Gasteiger partial charge is 0.339 e. The predicted molar refractivity (Wildman–Crippen MR) is 106 cm³/mol. The van der Waals surface area contributed by atoms with Crippen LogP contribution in [0.5, 0.6) is 0 Å². The maximum absolute atomic E-state index is 11.6. The zero-order valence-corrected chi connectivity index (χ0v) is 15.9. The monoisotopic (exact) mass is 403 g/mol. The summed E-state index contributed by atoms with van der Waals surface area (Å²) in [5, 5.41) is 10.8. The van der Waals surface area contributed by atoms with Crippen molar-refractivity contribution in [2.45, 2.75) is 23.3 Å². The van der Waals surface area contributed by atoms with Gasteiger partial charge in [0.25, 0.3) is 0 Å². The first-order valence-electron chi connectivity index (χ1n) is 7.22. The molecule has 0 spiro atoms. The molecule has 0 aliphatic rings. The molecule has 2 rings (SSSR count). The number of carbonyl (C=O) groups excluding carboxylic acids is 1. The molecular weight excluding hydrogens is 389 g/mol. The van der Waals surface area contributed by atoms with Gasteiger partial charge in [0.15, 0.2) is 5.11 Å². The van der Waals surface area contributed by atoms with Gasteiger partial charge in [-0.2, -0.15) is 0 Å². The second kappa shape index (κ2) is 8.21. The summed E-state index contributed by atoms with van der Waals surface area (Å²) in [6.45, 7) is 1.71. The Labute approximate surface area is 160 Å². The molecule has 4 nitrogen and oxygen atoms in total. The molecule has 128 valence electrons. The van der Waals surface area contributed by atoms with E-state index >= 15 is 0 Å². The Morgan fingerprint density at radius 2 is 1.79 bits per heavy atom. The van der Waals surface area contributed by atoms with Crippen molar-refractivity contribution in [1.82, 2.24) is 10.6 Å². The standard InChI is InChI=1S/C16H16Cl3N3OS/c1-2-13(23)21-14(16(17,18)19)22-15(24)20-12-9-5-7-10-6-3-4-8-11(10)12/h3-9,14H,2H2,1H3,(H,21,23)(H2,20,22,24)/t14-/m0/s1. The van der Waals surface area contributed by atoms with E-state index in [4.69, 9.17) is 47.0 Å². The molecule has 3 N–H and O–H groups in total. The number of anilines is 1. The number of carbonyl (C=O) groups is 1. The van der Waals surface area contributed by atoms with Gasteiger partial charge < -0.3 is 16.0 Å². The van der Waals surface area contributed by atoms with Gasteiger partial charge in [0.1, 0.15) is 6.17 Å². The summed E-state index contributed by atoms with van der Waals surface area (Å²) < 4.78 is -1.75. The summed E-state index contributed by atoms with van der Waals surface area (Å²) in [7, 11) is 0. The molecule has 24 heavy (non-hydrogen) atoms. The lowest BCUT2D eigenvalue weighted by atomic mass is 10.1. The summed E-state index contributed by atoms with van der Waals surface area (Å²) in [6, 6.07) is 13.7. The Balaban J connectivity index is 2.14. The zero-order chi connectivity index (χ0) is 17.7. The van der Waals surface area contributed by atoms with Gasteiger partial charge in [-0.05, 0) is 23.7 Å². The van der Waals surface area contributed by atoms with Crippen LogP contribution in [-0.4, -0.2) is 21.0 Å². The molecule has 0 saturated heterocycles. The minimum atomic E-state index is -1.75. The highest BCUT2D eigenvalue weighted by atomic mass is 35.6. The molecule has 2 aromatic rings. The first kappa shape index (κ1) is 19.1. The van der Waals surface area contributed by atoms with Crippen LogP contribution in [0.2, 0.25) is 0 Å². The fourth-order valence-electron chi connectivity index (χ4n) is 2.09.